The lowest BCUT2D eigenvalue weighted by molar-refractivity contribution is -0.660. The highest BCUT2D eigenvalue weighted by molar-refractivity contribution is 6.14. The summed E-state index contributed by atoms with van der Waals surface area (Å²) in [5, 5.41) is 11.2. The maximum Gasteiger partial charge on any atom is 0.216 e. The normalized spacial score (nSPS) is 16.0. The monoisotopic (exact) mass is 440 g/mol. The van der Waals surface area contributed by atoms with Crippen LogP contribution in [0.2, 0.25) is 0 Å². The van der Waals surface area contributed by atoms with Crippen LogP contribution in [0.25, 0.3) is 44.3 Å². The Morgan fingerprint density at radius 3 is 2.39 bits per heavy atom. The summed E-state index contributed by atoms with van der Waals surface area (Å²) in [6, 6.07) is 8.27. The minimum atomic E-state index is -2.43. The first-order chi connectivity index (χ1) is 19.5. The number of nitrogens with zero attached hydrogens (tertiary/aromatic N) is 2. The molecule has 5 rings (SSSR count). The standard InChI is InChI=1S/C30H27N2O/c1-18(2)25-15-26(32(5)17-20(25)4)27-19(3)11-13-23-24-14-12-22(16-31)28(30(24)33-29(23)27)21-9-7-6-8-10-21/h6-15,17-18H,1-5H3/q+1/i4D3,6D,7D,8D,9D,10D,18D. The first-order valence-electron chi connectivity index (χ1n) is 15.0. The third-order valence-corrected chi connectivity index (χ3v) is 5.96. The third-order valence-electron chi connectivity index (χ3n) is 5.96. The van der Waals surface area contributed by atoms with Gasteiger partial charge in [-0.2, -0.15) is 5.26 Å². The molecule has 162 valence electrons. The minimum absolute atomic E-state index is 0.0744. The Hall–Kier alpha value is -3.90. The molecule has 0 aliphatic heterocycles. The molecule has 0 amide bonds. The van der Waals surface area contributed by atoms with Gasteiger partial charge in [-0.05, 0) is 48.5 Å². The number of benzene rings is 3. The Morgan fingerprint density at radius 2 is 1.73 bits per heavy atom. The van der Waals surface area contributed by atoms with Crippen molar-refractivity contribution < 1.29 is 21.3 Å². The van der Waals surface area contributed by atoms with Gasteiger partial charge in [0, 0.05) is 33.4 Å². The van der Waals surface area contributed by atoms with E-state index in [1.807, 2.05) is 19.1 Å². The van der Waals surface area contributed by atoms with Gasteiger partial charge in [0.2, 0.25) is 5.69 Å². The summed E-state index contributed by atoms with van der Waals surface area (Å²) in [4.78, 5) is 0. The van der Waals surface area contributed by atoms with Crippen LogP contribution in [-0.4, -0.2) is 0 Å². The molecule has 0 fully saturated rings. The van der Waals surface area contributed by atoms with E-state index in [0.717, 1.165) is 5.56 Å². The van der Waals surface area contributed by atoms with Gasteiger partial charge in [-0.3, -0.25) is 0 Å². The molecule has 0 unspecified atom stereocenters. The van der Waals surface area contributed by atoms with Crippen molar-refractivity contribution in [2.45, 2.75) is 33.5 Å². The molecule has 2 heterocycles. The largest absolute Gasteiger partial charge is 0.454 e. The van der Waals surface area contributed by atoms with E-state index in [-0.39, 0.29) is 27.8 Å². The summed E-state index contributed by atoms with van der Waals surface area (Å²) in [6.07, 6.45) is 1.51. The van der Waals surface area contributed by atoms with E-state index in [1.165, 1.54) is 6.20 Å². The van der Waals surface area contributed by atoms with E-state index in [4.69, 9.17) is 16.8 Å². The maximum absolute atomic E-state index is 9.99. The fourth-order valence-corrected chi connectivity index (χ4v) is 4.35. The van der Waals surface area contributed by atoms with Crippen LogP contribution >= 0.6 is 0 Å². The Kier molecular flexibility index (Phi) is 3.10. The molecular weight excluding hydrogens is 404 g/mol. The topological polar surface area (TPSA) is 40.8 Å². The number of aryl methyl sites for hydroxylation is 3. The van der Waals surface area contributed by atoms with Crippen molar-refractivity contribution in [3.8, 4) is 28.5 Å². The van der Waals surface area contributed by atoms with Crippen molar-refractivity contribution in [2.24, 2.45) is 7.05 Å². The van der Waals surface area contributed by atoms with Gasteiger partial charge in [0.15, 0.2) is 6.20 Å². The number of hydrogen-bond donors (Lipinski definition) is 0. The second-order valence-corrected chi connectivity index (χ2v) is 8.31. The smallest absolute Gasteiger partial charge is 0.216 e. The van der Waals surface area contributed by atoms with Crippen LogP contribution in [0.15, 0.2) is 71.2 Å². The van der Waals surface area contributed by atoms with E-state index in [9.17, 15) is 5.26 Å². The number of nitriles is 1. The van der Waals surface area contributed by atoms with Crippen LogP contribution in [0.4, 0.5) is 0 Å². The fourth-order valence-electron chi connectivity index (χ4n) is 4.35. The first-order valence-corrected chi connectivity index (χ1v) is 10.5. The summed E-state index contributed by atoms with van der Waals surface area (Å²) in [5.74, 6) is -1.22. The average Bonchev–Trinajstić information content (AvgIpc) is 3.28. The van der Waals surface area contributed by atoms with E-state index >= 15 is 0 Å². The SMILES string of the molecule is [2H]c1c([2H])c([2H])c(-c2c(C#N)ccc3c2oc2c(-c4cc(C([2H])(C)C)c(C([2H])([2H])[2H])c[n+]4C)c(C)ccc23)c([2H])c1[2H]. The minimum Gasteiger partial charge on any atom is -0.454 e. The Morgan fingerprint density at radius 1 is 1.03 bits per heavy atom. The van der Waals surface area contributed by atoms with Gasteiger partial charge in [0.1, 0.15) is 18.2 Å². The van der Waals surface area contributed by atoms with Crippen LogP contribution in [0.1, 0.15) is 54.3 Å². The highest BCUT2D eigenvalue weighted by Crippen LogP contribution is 2.42. The lowest BCUT2D eigenvalue weighted by Crippen LogP contribution is -2.32. The van der Waals surface area contributed by atoms with Crippen LogP contribution in [0.3, 0.4) is 0 Å². The number of fused-ring (bicyclic) bond motifs is 3. The van der Waals surface area contributed by atoms with Gasteiger partial charge in [-0.1, -0.05) is 56.2 Å². The Labute approximate surface area is 207 Å². The molecule has 0 saturated carbocycles. The molecule has 3 aromatic carbocycles. The van der Waals surface area contributed by atoms with E-state index in [1.54, 1.807) is 43.7 Å². The molecule has 0 radical (unpaired) electrons. The molecule has 5 aromatic rings. The van der Waals surface area contributed by atoms with Gasteiger partial charge in [0.25, 0.3) is 0 Å². The molecular formula is C30H27N2O+. The summed E-state index contributed by atoms with van der Waals surface area (Å²) in [5.41, 5.74) is 3.12. The highest BCUT2D eigenvalue weighted by atomic mass is 16.3. The van der Waals surface area contributed by atoms with Crippen molar-refractivity contribution in [3.63, 3.8) is 0 Å². The molecule has 0 spiro atoms. The predicted octanol–water partition coefficient (Wildman–Crippen LogP) is 7.36. The summed E-state index contributed by atoms with van der Waals surface area (Å²) >= 11 is 0. The van der Waals surface area contributed by atoms with E-state index in [0.29, 0.717) is 33.2 Å². The molecule has 0 bridgehead atoms. The second kappa shape index (κ2) is 7.90. The van der Waals surface area contributed by atoms with Crippen molar-refractivity contribution in [1.29, 1.82) is 5.26 Å². The van der Waals surface area contributed by atoms with Crippen molar-refractivity contribution >= 4 is 21.9 Å². The summed E-state index contributed by atoms with van der Waals surface area (Å²) < 4.78 is 82.5. The zero-order valence-electron chi connectivity index (χ0n) is 27.8. The van der Waals surface area contributed by atoms with Gasteiger partial charge >= 0.3 is 0 Å². The molecule has 3 nitrogen and oxygen atoms in total. The molecule has 33 heavy (non-hydrogen) atoms. The molecule has 0 aliphatic rings. The molecule has 3 heteroatoms. The highest BCUT2D eigenvalue weighted by Gasteiger charge is 2.24. The fraction of sp³-hybridized carbons (Fsp3) is 0.200. The maximum atomic E-state index is 9.99. The Bertz CT molecular complexity index is 1970. The first kappa shape index (κ1) is 13.0. The zero-order chi connectivity index (χ0) is 31.0. The van der Waals surface area contributed by atoms with Crippen molar-refractivity contribution in [1.82, 2.24) is 0 Å². The molecule has 0 atom stereocenters. The summed E-state index contributed by atoms with van der Waals surface area (Å²) in [7, 11) is 1.72. The van der Waals surface area contributed by atoms with Crippen LogP contribution in [0.5, 0.6) is 0 Å². The Balaban J connectivity index is 1.94. The number of aromatic nitrogens is 1. The molecule has 0 N–H and O–H groups in total. The average molecular weight is 441 g/mol. The van der Waals surface area contributed by atoms with Gasteiger partial charge in [0.05, 0.1) is 24.0 Å². The van der Waals surface area contributed by atoms with Gasteiger partial charge in [-0.15, -0.1) is 0 Å². The number of rotatable bonds is 3. The summed E-state index contributed by atoms with van der Waals surface area (Å²) in [6.45, 7) is 2.71. The molecule has 0 saturated heterocycles. The van der Waals surface area contributed by atoms with Crippen molar-refractivity contribution in [2.75, 3.05) is 0 Å². The molecule has 2 aromatic heterocycles. The quantitative estimate of drug-likeness (QED) is 0.275. The zero-order valence-corrected chi connectivity index (χ0v) is 18.8. The van der Waals surface area contributed by atoms with Crippen LogP contribution in [-0.2, 0) is 7.05 Å². The van der Waals surface area contributed by atoms with E-state index < -0.39 is 43.0 Å². The van der Waals surface area contributed by atoms with E-state index in [2.05, 4.69) is 6.07 Å². The van der Waals surface area contributed by atoms with Gasteiger partial charge < -0.3 is 4.42 Å². The lowest BCUT2D eigenvalue weighted by Gasteiger charge is -2.12. The number of hydrogen-bond acceptors (Lipinski definition) is 2. The van der Waals surface area contributed by atoms with Crippen LogP contribution in [0, 0.1) is 25.1 Å². The van der Waals surface area contributed by atoms with Gasteiger partial charge in [-0.25, -0.2) is 4.57 Å². The van der Waals surface area contributed by atoms with Crippen LogP contribution < -0.4 is 4.57 Å². The molecule has 0 aliphatic carbocycles. The third kappa shape index (κ3) is 3.31. The predicted molar refractivity (Wildman–Crippen MR) is 134 cm³/mol. The number of pyridine rings is 1. The second-order valence-electron chi connectivity index (χ2n) is 8.31. The van der Waals surface area contributed by atoms with Crippen molar-refractivity contribution in [3.05, 3.63) is 89.0 Å². The lowest BCUT2D eigenvalue weighted by atomic mass is 9.94. The number of furan rings is 1.